The lowest BCUT2D eigenvalue weighted by molar-refractivity contribution is 1.16. The van der Waals surface area contributed by atoms with Crippen LogP contribution in [0.1, 0.15) is 0 Å². The van der Waals surface area contributed by atoms with Gasteiger partial charge < -0.3 is 10.6 Å². The molecule has 5 heteroatoms. The third kappa shape index (κ3) is 2.61. The van der Waals surface area contributed by atoms with Gasteiger partial charge in [-0.2, -0.15) is 0 Å². The Balaban J connectivity index is 2.20. The molecular weight excluding hydrogens is 224 g/mol. The van der Waals surface area contributed by atoms with Gasteiger partial charge in [0.05, 0.1) is 0 Å². The standard InChI is InChI=1S/C11H11ClN4/c1-13-10-6-11(15-7-14-10)16-9-4-2-3-8(12)5-9/h2-7H,1H3,(H2,13,14,15,16). The third-order valence-electron chi connectivity index (χ3n) is 2.02. The lowest BCUT2D eigenvalue weighted by atomic mass is 10.3. The minimum atomic E-state index is 0.688. The first-order valence-corrected chi connectivity index (χ1v) is 5.18. The van der Waals surface area contributed by atoms with Gasteiger partial charge in [-0.3, -0.25) is 0 Å². The van der Waals surface area contributed by atoms with Gasteiger partial charge in [0, 0.05) is 23.8 Å². The van der Waals surface area contributed by atoms with Crippen LogP contribution in [0.15, 0.2) is 36.7 Å². The van der Waals surface area contributed by atoms with Crippen LogP contribution < -0.4 is 10.6 Å². The van der Waals surface area contributed by atoms with Crippen LogP contribution in [-0.4, -0.2) is 17.0 Å². The largest absolute Gasteiger partial charge is 0.373 e. The van der Waals surface area contributed by atoms with Gasteiger partial charge in [0.1, 0.15) is 18.0 Å². The molecule has 2 aromatic rings. The highest BCUT2D eigenvalue weighted by molar-refractivity contribution is 6.30. The number of halogens is 1. The van der Waals surface area contributed by atoms with Crippen molar-refractivity contribution < 1.29 is 0 Å². The van der Waals surface area contributed by atoms with E-state index in [4.69, 9.17) is 11.6 Å². The van der Waals surface area contributed by atoms with E-state index in [1.54, 1.807) is 0 Å². The molecule has 1 aromatic heterocycles. The predicted molar refractivity (Wildman–Crippen MR) is 66.3 cm³/mol. The van der Waals surface area contributed by atoms with Crippen molar-refractivity contribution in [3.8, 4) is 0 Å². The van der Waals surface area contributed by atoms with Crippen molar-refractivity contribution in [2.24, 2.45) is 0 Å². The highest BCUT2D eigenvalue weighted by atomic mass is 35.5. The molecule has 0 aliphatic carbocycles. The molecule has 0 amide bonds. The van der Waals surface area contributed by atoms with Crippen molar-refractivity contribution in [2.75, 3.05) is 17.7 Å². The second-order valence-corrected chi connectivity index (χ2v) is 3.61. The second kappa shape index (κ2) is 4.81. The molecule has 0 spiro atoms. The summed E-state index contributed by atoms with van der Waals surface area (Å²) in [5.41, 5.74) is 0.897. The number of hydrogen-bond acceptors (Lipinski definition) is 4. The number of aromatic nitrogens is 2. The number of nitrogens with one attached hydrogen (secondary N) is 2. The zero-order valence-electron chi connectivity index (χ0n) is 8.74. The maximum absolute atomic E-state index is 5.88. The summed E-state index contributed by atoms with van der Waals surface area (Å²) in [6.45, 7) is 0. The van der Waals surface area contributed by atoms with Crippen molar-refractivity contribution in [1.82, 2.24) is 9.97 Å². The Hall–Kier alpha value is -1.81. The van der Waals surface area contributed by atoms with Gasteiger partial charge in [-0.25, -0.2) is 9.97 Å². The SMILES string of the molecule is CNc1cc(Nc2cccc(Cl)c2)ncn1. The maximum Gasteiger partial charge on any atom is 0.135 e. The van der Waals surface area contributed by atoms with Crippen molar-refractivity contribution in [1.29, 1.82) is 0 Å². The summed E-state index contributed by atoms with van der Waals surface area (Å²) >= 11 is 5.88. The summed E-state index contributed by atoms with van der Waals surface area (Å²) in [6, 6.07) is 9.28. The first-order chi connectivity index (χ1) is 7.78. The van der Waals surface area contributed by atoms with Gasteiger partial charge in [0.2, 0.25) is 0 Å². The van der Waals surface area contributed by atoms with Gasteiger partial charge >= 0.3 is 0 Å². The minimum absolute atomic E-state index is 0.688. The van der Waals surface area contributed by atoms with Gasteiger partial charge in [0.25, 0.3) is 0 Å². The topological polar surface area (TPSA) is 49.8 Å². The molecule has 4 nitrogen and oxygen atoms in total. The van der Waals surface area contributed by atoms with E-state index in [1.165, 1.54) is 6.33 Å². The fraction of sp³-hybridized carbons (Fsp3) is 0.0909. The lowest BCUT2D eigenvalue weighted by Crippen LogP contribution is -1.97. The van der Waals surface area contributed by atoms with Crippen molar-refractivity contribution in [2.45, 2.75) is 0 Å². The molecule has 0 saturated carbocycles. The molecule has 1 aromatic carbocycles. The van der Waals surface area contributed by atoms with Crippen LogP contribution in [0, 0.1) is 0 Å². The normalized spacial score (nSPS) is 9.88. The molecule has 82 valence electrons. The van der Waals surface area contributed by atoms with Crippen LogP contribution in [0.5, 0.6) is 0 Å². The Morgan fingerprint density at radius 3 is 2.69 bits per heavy atom. The van der Waals surface area contributed by atoms with Crippen LogP contribution in [0.25, 0.3) is 0 Å². The first-order valence-electron chi connectivity index (χ1n) is 4.80. The van der Waals surface area contributed by atoms with E-state index in [2.05, 4.69) is 20.6 Å². The molecule has 0 bridgehead atoms. The molecule has 0 unspecified atom stereocenters. The monoisotopic (exact) mass is 234 g/mol. The molecule has 0 radical (unpaired) electrons. The minimum Gasteiger partial charge on any atom is -0.373 e. The summed E-state index contributed by atoms with van der Waals surface area (Å²) in [7, 11) is 1.81. The van der Waals surface area contributed by atoms with Crippen molar-refractivity contribution >= 4 is 28.9 Å². The van der Waals surface area contributed by atoms with Crippen LogP contribution in [-0.2, 0) is 0 Å². The van der Waals surface area contributed by atoms with Crippen molar-refractivity contribution in [3.63, 3.8) is 0 Å². The average molecular weight is 235 g/mol. The average Bonchev–Trinajstić information content (AvgIpc) is 2.29. The van der Waals surface area contributed by atoms with Crippen LogP contribution in [0.2, 0.25) is 5.02 Å². The smallest absolute Gasteiger partial charge is 0.135 e. The zero-order valence-corrected chi connectivity index (χ0v) is 9.49. The van der Waals surface area contributed by atoms with Gasteiger partial charge in [-0.15, -0.1) is 0 Å². The number of rotatable bonds is 3. The Labute approximate surface area is 98.7 Å². The van der Waals surface area contributed by atoms with Crippen LogP contribution >= 0.6 is 11.6 Å². The van der Waals surface area contributed by atoms with E-state index in [-0.39, 0.29) is 0 Å². The quantitative estimate of drug-likeness (QED) is 0.858. The Morgan fingerprint density at radius 2 is 1.94 bits per heavy atom. The van der Waals surface area contributed by atoms with E-state index < -0.39 is 0 Å². The zero-order chi connectivity index (χ0) is 11.4. The Kier molecular flexibility index (Phi) is 3.22. The van der Waals surface area contributed by atoms with Gasteiger partial charge in [0.15, 0.2) is 0 Å². The summed E-state index contributed by atoms with van der Waals surface area (Å²) in [6.07, 6.45) is 1.50. The van der Waals surface area contributed by atoms with E-state index in [1.807, 2.05) is 37.4 Å². The predicted octanol–water partition coefficient (Wildman–Crippen LogP) is 2.92. The van der Waals surface area contributed by atoms with Crippen LogP contribution in [0.3, 0.4) is 0 Å². The number of hydrogen-bond donors (Lipinski definition) is 2. The molecule has 0 saturated heterocycles. The first kappa shape index (κ1) is 10.7. The third-order valence-corrected chi connectivity index (χ3v) is 2.26. The maximum atomic E-state index is 5.88. The number of anilines is 3. The molecule has 0 atom stereocenters. The number of benzene rings is 1. The molecule has 0 aliphatic heterocycles. The highest BCUT2D eigenvalue weighted by Crippen LogP contribution is 2.19. The molecule has 1 heterocycles. The van der Waals surface area contributed by atoms with E-state index in [9.17, 15) is 0 Å². The summed E-state index contributed by atoms with van der Waals surface area (Å²) < 4.78 is 0. The number of nitrogens with zero attached hydrogens (tertiary/aromatic N) is 2. The van der Waals surface area contributed by atoms with Gasteiger partial charge in [-0.05, 0) is 18.2 Å². The molecule has 0 fully saturated rings. The highest BCUT2D eigenvalue weighted by Gasteiger charge is 1.98. The lowest BCUT2D eigenvalue weighted by Gasteiger charge is -2.06. The summed E-state index contributed by atoms with van der Waals surface area (Å²) in [4.78, 5) is 8.14. The summed E-state index contributed by atoms with van der Waals surface area (Å²) in [5.74, 6) is 1.49. The molecule has 16 heavy (non-hydrogen) atoms. The van der Waals surface area contributed by atoms with E-state index >= 15 is 0 Å². The Morgan fingerprint density at radius 1 is 1.12 bits per heavy atom. The molecule has 0 aliphatic rings. The fourth-order valence-corrected chi connectivity index (χ4v) is 1.47. The van der Waals surface area contributed by atoms with E-state index in [0.29, 0.717) is 5.02 Å². The van der Waals surface area contributed by atoms with Crippen LogP contribution in [0.4, 0.5) is 17.3 Å². The summed E-state index contributed by atoms with van der Waals surface area (Å²) in [5, 5.41) is 6.78. The molecule has 2 rings (SSSR count). The molecular formula is C11H11ClN4. The van der Waals surface area contributed by atoms with Gasteiger partial charge in [-0.1, -0.05) is 17.7 Å². The van der Waals surface area contributed by atoms with Crippen molar-refractivity contribution in [3.05, 3.63) is 41.7 Å². The molecule has 2 N–H and O–H groups in total. The second-order valence-electron chi connectivity index (χ2n) is 3.17. The van der Waals surface area contributed by atoms with E-state index in [0.717, 1.165) is 17.3 Å². The fourth-order valence-electron chi connectivity index (χ4n) is 1.28. The Bertz CT molecular complexity index is 487.